The summed E-state index contributed by atoms with van der Waals surface area (Å²) in [6, 6.07) is 15.5. The second-order valence-corrected chi connectivity index (χ2v) is 10.4. The van der Waals surface area contributed by atoms with Crippen LogP contribution in [0.4, 0.5) is 0 Å². The molecule has 3 aromatic rings. The van der Waals surface area contributed by atoms with Gasteiger partial charge in [-0.15, -0.1) is 0 Å². The second-order valence-electron chi connectivity index (χ2n) is 8.54. The summed E-state index contributed by atoms with van der Waals surface area (Å²) in [7, 11) is -1.94. The molecule has 0 bridgehead atoms. The first-order chi connectivity index (χ1) is 17.8. The number of fused-ring (bicyclic) bond motifs is 3. The van der Waals surface area contributed by atoms with E-state index in [0.717, 1.165) is 18.2 Å². The van der Waals surface area contributed by atoms with Crippen molar-refractivity contribution in [3.63, 3.8) is 0 Å². The monoisotopic (exact) mass is 520 g/mol. The van der Waals surface area contributed by atoms with Gasteiger partial charge in [-0.1, -0.05) is 42.0 Å². The molecule has 0 fully saturated rings. The second kappa shape index (κ2) is 9.38. The molecule has 0 N–H and O–H groups in total. The minimum absolute atomic E-state index is 0.0207. The van der Waals surface area contributed by atoms with Crippen molar-refractivity contribution < 1.29 is 31.9 Å². The van der Waals surface area contributed by atoms with Crippen LogP contribution in [0.25, 0.3) is 6.08 Å². The van der Waals surface area contributed by atoms with Gasteiger partial charge in [0.05, 0.1) is 31.0 Å². The molecule has 3 heterocycles. The molecule has 2 aliphatic rings. The van der Waals surface area contributed by atoms with Gasteiger partial charge in [0.15, 0.2) is 0 Å². The normalized spacial score (nSPS) is 19.3. The van der Waals surface area contributed by atoms with Crippen molar-refractivity contribution in [2.75, 3.05) is 14.2 Å². The minimum Gasteiger partial charge on any atom is -0.467 e. The fourth-order valence-electron chi connectivity index (χ4n) is 4.73. The van der Waals surface area contributed by atoms with Crippen molar-refractivity contribution in [3.8, 4) is 0 Å². The predicted molar refractivity (Wildman–Crippen MR) is 133 cm³/mol. The van der Waals surface area contributed by atoms with Crippen LogP contribution in [0, 0.1) is 6.92 Å². The Morgan fingerprint density at radius 3 is 2.27 bits per heavy atom. The molecule has 37 heavy (non-hydrogen) atoms. The number of sulfonamides is 1. The predicted octanol–water partition coefficient (Wildman–Crippen LogP) is 3.92. The number of hydrogen-bond donors (Lipinski definition) is 0. The maximum Gasteiger partial charge on any atom is 0.355 e. The Labute approximate surface area is 214 Å². The van der Waals surface area contributed by atoms with E-state index in [0.29, 0.717) is 5.56 Å². The molecule has 190 valence electrons. The number of methoxy groups -OCH3 is 2. The lowest BCUT2D eigenvalue weighted by Gasteiger charge is -2.48. The smallest absolute Gasteiger partial charge is 0.355 e. The van der Waals surface area contributed by atoms with E-state index in [9.17, 15) is 18.0 Å². The number of ether oxygens (including phenoxy) is 2. The molecule has 0 saturated heterocycles. The van der Waals surface area contributed by atoms with Crippen LogP contribution in [0.1, 0.15) is 34.7 Å². The lowest BCUT2D eigenvalue weighted by molar-refractivity contribution is -0.143. The maximum atomic E-state index is 14.4. The molecular formula is C27H24N2O7S. The number of nitrogens with zero attached hydrogens (tertiary/aromatic N) is 2. The third-order valence-corrected chi connectivity index (χ3v) is 8.26. The molecule has 0 spiro atoms. The first-order valence-electron chi connectivity index (χ1n) is 11.4. The van der Waals surface area contributed by atoms with Crippen LogP contribution in [0.5, 0.6) is 0 Å². The Morgan fingerprint density at radius 1 is 0.919 bits per heavy atom. The lowest BCUT2D eigenvalue weighted by Crippen LogP contribution is -2.52. The summed E-state index contributed by atoms with van der Waals surface area (Å²) in [4.78, 5) is 27.9. The van der Waals surface area contributed by atoms with Crippen molar-refractivity contribution in [2.24, 2.45) is 0 Å². The van der Waals surface area contributed by atoms with E-state index < -0.39 is 34.2 Å². The maximum absolute atomic E-state index is 14.4. The van der Waals surface area contributed by atoms with Crippen molar-refractivity contribution >= 4 is 28.0 Å². The van der Waals surface area contributed by atoms with Crippen molar-refractivity contribution in [1.82, 2.24) is 9.21 Å². The zero-order valence-corrected chi connectivity index (χ0v) is 21.1. The molecule has 2 aromatic carbocycles. The summed E-state index contributed by atoms with van der Waals surface area (Å²) in [5.41, 5.74) is 1.90. The third-order valence-electron chi connectivity index (χ3n) is 6.43. The van der Waals surface area contributed by atoms with Crippen molar-refractivity contribution in [2.45, 2.75) is 24.0 Å². The van der Waals surface area contributed by atoms with Crippen LogP contribution in [-0.4, -0.2) is 43.8 Å². The van der Waals surface area contributed by atoms with Crippen LogP contribution in [-0.2, 0) is 29.1 Å². The number of carbonyl (C=O) groups excluding carboxylic acids is 2. The molecule has 0 radical (unpaired) electrons. The molecule has 2 aliphatic heterocycles. The van der Waals surface area contributed by atoms with Gasteiger partial charge in [0.25, 0.3) is 0 Å². The van der Waals surface area contributed by atoms with E-state index in [4.69, 9.17) is 13.9 Å². The molecule has 10 heteroatoms. The van der Waals surface area contributed by atoms with Crippen LogP contribution < -0.4 is 0 Å². The molecule has 2 atom stereocenters. The first kappa shape index (κ1) is 24.5. The van der Waals surface area contributed by atoms with E-state index >= 15 is 0 Å². The Bertz CT molecular complexity index is 1520. The topological polar surface area (TPSA) is 106 Å². The summed E-state index contributed by atoms with van der Waals surface area (Å²) in [6.07, 6.45) is 3.65. The summed E-state index contributed by atoms with van der Waals surface area (Å²) >= 11 is 0. The van der Waals surface area contributed by atoms with E-state index in [1.54, 1.807) is 48.7 Å². The van der Waals surface area contributed by atoms with Crippen LogP contribution >= 0.6 is 0 Å². The summed E-state index contributed by atoms with van der Waals surface area (Å²) in [5.74, 6) is -1.57. The zero-order chi connectivity index (χ0) is 26.3. The highest BCUT2D eigenvalue weighted by atomic mass is 32.2. The number of rotatable bonds is 5. The first-order valence-corrected chi connectivity index (χ1v) is 12.8. The molecule has 0 saturated carbocycles. The highest BCUT2D eigenvalue weighted by molar-refractivity contribution is 7.89. The minimum atomic E-state index is -4.29. The van der Waals surface area contributed by atoms with Gasteiger partial charge in [0.1, 0.15) is 23.7 Å². The third kappa shape index (κ3) is 3.94. The molecule has 0 unspecified atom stereocenters. The molecule has 0 amide bonds. The highest BCUT2D eigenvalue weighted by Gasteiger charge is 2.54. The molecule has 9 nitrogen and oxygen atoms in total. The van der Waals surface area contributed by atoms with E-state index in [1.165, 1.54) is 34.7 Å². The van der Waals surface area contributed by atoms with E-state index in [1.807, 2.05) is 19.1 Å². The van der Waals surface area contributed by atoms with Gasteiger partial charge in [-0.3, -0.25) is 0 Å². The Hall–Kier alpha value is -4.15. The van der Waals surface area contributed by atoms with Gasteiger partial charge in [0.2, 0.25) is 10.0 Å². The van der Waals surface area contributed by atoms with Crippen LogP contribution in [0.3, 0.4) is 0 Å². The molecular weight excluding hydrogens is 496 g/mol. The number of benzene rings is 2. The molecule has 0 aliphatic carbocycles. The fourth-order valence-corrected chi connectivity index (χ4v) is 6.42. The van der Waals surface area contributed by atoms with Gasteiger partial charge in [0, 0.05) is 6.20 Å². The number of aryl methyl sites for hydroxylation is 1. The van der Waals surface area contributed by atoms with E-state index in [-0.39, 0.29) is 21.9 Å². The van der Waals surface area contributed by atoms with E-state index in [2.05, 4.69) is 0 Å². The average Bonchev–Trinajstić information content (AvgIpc) is 3.45. The fraction of sp³-hybridized carbons (Fsp3) is 0.185. The summed E-state index contributed by atoms with van der Waals surface area (Å²) < 4.78 is 45.8. The quantitative estimate of drug-likeness (QED) is 0.466. The van der Waals surface area contributed by atoms with Gasteiger partial charge in [-0.25, -0.2) is 18.0 Å². The van der Waals surface area contributed by atoms with Crippen LogP contribution in [0.15, 0.2) is 93.7 Å². The highest BCUT2D eigenvalue weighted by Crippen LogP contribution is 2.51. The number of esters is 2. The van der Waals surface area contributed by atoms with Crippen molar-refractivity contribution in [3.05, 3.63) is 107 Å². The Morgan fingerprint density at radius 2 is 1.62 bits per heavy atom. The lowest BCUT2D eigenvalue weighted by atomic mass is 9.92. The van der Waals surface area contributed by atoms with Gasteiger partial charge < -0.3 is 18.8 Å². The SMILES string of the molecule is COC(=O)C1=C(C(=O)OC)N2C=Cc3ccccc3[C@@H]2N(S(=O)(=O)c2ccc(C)cc2)[C@@H]1c1ccco1. The Kier molecular flexibility index (Phi) is 6.22. The van der Waals surface area contributed by atoms with Crippen LogP contribution in [0.2, 0.25) is 0 Å². The molecule has 1 aromatic heterocycles. The van der Waals surface area contributed by atoms with Gasteiger partial charge in [-0.05, 0) is 48.4 Å². The largest absolute Gasteiger partial charge is 0.467 e. The standard InChI is InChI=1S/C27H24N2O7S/c1-17-10-12-19(13-11-17)37(32,33)29-23(21-9-6-16-36-21)22(26(30)34-2)24(27(31)35-3)28-15-14-18-7-4-5-8-20(18)25(28)29/h4-16,23,25H,1-3H3/t23-,25+/m1/s1. The van der Waals surface area contributed by atoms with Gasteiger partial charge in [-0.2, -0.15) is 4.31 Å². The summed E-state index contributed by atoms with van der Waals surface area (Å²) in [6.45, 7) is 1.85. The zero-order valence-electron chi connectivity index (χ0n) is 20.3. The van der Waals surface area contributed by atoms with Gasteiger partial charge >= 0.3 is 11.9 Å². The summed E-state index contributed by atoms with van der Waals surface area (Å²) in [5, 5.41) is 0. The average molecular weight is 521 g/mol. The Balaban J connectivity index is 1.89. The van der Waals surface area contributed by atoms with Crippen molar-refractivity contribution in [1.29, 1.82) is 0 Å². The number of carbonyl (C=O) groups is 2. The number of hydrogen-bond acceptors (Lipinski definition) is 8. The molecule has 5 rings (SSSR count). The number of furan rings is 1.